The number of fused-ring (bicyclic) bond motifs is 3. The van der Waals surface area contributed by atoms with E-state index in [1.807, 2.05) is 12.1 Å². The summed E-state index contributed by atoms with van der Waals surface area (Å²) in [5.41, 5.74) is 1.97. The summed E-state index contributed by atoms with van der Waals surface area (Å²) in [6, 6.07) is 12.0. The number of rotatable bonds is 2. The summed E-state index contributed by atoms with van der Waals surface area (Å²) in [4.78, 5) is 24.2. The highest BCUT2D eigenvalue weighted by molar-refractivity contribution is 6.33. The summed E-state index contributed by atoms with van der Waals surface area (Å²) in [7, 11) is 0. The number of hydrogen-bond acceptors (Lipinski definition) is 4. The van der Waals surface area contributed by atoms with Crippen LogP contribution in [0.2, 0.25) is 5.02 Å². The molecule has 124 valence electrons. The molecule has 1 aliphatic rings. The maximum atomic E-state index is 12.6. The fraction of sp³-hybridized carbons (Fsp3) is 0.100. The van der Waals surface area contributed by atoms with Crippen molar-refractivity contribution in [1.29, 1.82) is 0 Å². The molecule has 0 saturated heterocycles. The topological polar surface area (TPSA) is 56.5 Å². The minimum Gasteiger partial charge on any atom is -0.488 e. The van der Waals surface area contributed by atoms with Crippen LogP contribution in [-0.4, -0.2) is 12.4 Å². The quantitative estimate of drug-likeness (QED) is 0.682. The van der Waals surface area contributed by atoms with Crippen molar-refractivity contribution in [1.82, 2.24) is 0 Å². The van der Waals surface area contributed by atoms with Crippen molar-refractivity contribution in [2.24, 2.45) is 0 Å². The van der Waals surface area contributed by atoms with Gasteiger partial charge in [-0.05, 0) is 37.3 Å². The monoisotopic (exact) mass is 352 g/mol. The largest absolute Gasteiger partial charge is 0.488 e. The fourth-order valence-corrected chi connectivity index (χ4v) is 3.08. The molecule has 0 fully saturated rings. The Morgan fingerprint density at radius 3 is 2.72 bits per heavy atom. The number of halogens is 1. The molecule has 0 radical (unpaired) electrons. The predicted octanol–water partition coefficient (Wildman–Crippen LogP) is 4.48. The number of Topliss-reactive ketones (excluding diaryl/α,β-unsaturated/α-hetero) is 1. The van der Waals surface area contributed by atoms with E-state index >= 15 is 0 Å². The smallest absolute Gasteiger partial charge is 0.193 e. The Hall–Kier alpha value is -2.85. The molecule has 0 bridgehead atoms. The molecule has 3 aromatic rings. The number of benzene rings is 2. The van der Waals surface area contributed by atoms with Crippen molar-refractivity contribution in [2.75, 3.05) is 6.61 Å². The van der Waals surface area contributed by atoms with E-state index in [0.29, 0.717) is 44.2 Å². The molecule has 0 N–H and O–H groups in total. The first-order chi connectivity index (χ1) is 12.0. The summed E-state index contributed by atoms with van der Waals surface area (Å²) >= 11 is 6.23. The lowest BCUT2D eigenvalue weighted by Crippen LogP contribution is -2.13. The number of ether oxygens (including phenoxy) is 1. The Morgan fingerprint density at radius 2 is 1.96 bits per heavy atom. The number of carbonyl (C=O) groups is 1. The van der Waals surface area contributed by atoms with Crippen LogP contribution in [-0.2, 0) is 4.79 Å². The summed E-state index contributed by atoms with van der Waals surface area (Å²) in [5.74, 6) is 0.879. The van der Waals surface area contributed by atoms with Crippen molar-refractivity contribution in [3.05, 3.63) is 68.8 Å². The average Bonchev–Trinajstić information content (AvgIpc) is 2.61. The van der Waals surface area contributed by atoms with E-state index in [1.54, 1.807) is 30.3 Å². The standard InChI is InChI=1S/C20H13ClO4/c1-11(22)12-8-15-18(24-10-12)7-6-14-17(23)9-19(25-20(14)15)13-4-2-3-5-16(13)21/h2-9H,10H2,1H3. The van der Waals surface area contributed by atoms with Crippen LogP contribution in [0.4, 0.5) is 0 Å². The second kappa shape index (κ2) is 5.90. The number of hydrogen-bond donors (Lipinski definition) is 0. The van der Waals surface area contributed by atoms with E-state index in [2.05, 4.69) is 0 Å². The van der Waals surface area contributed by atoms with Gasteiger partial charge in [0.1, 0.15) is 23.7 Å². The van der Waals surface area contributed by atoms with Gasteiger partial charge in [0.15, 0.2) is 11.2 Å². The molecule has 0 atom stereocenters. The second-order valence-corrected chi connectivity index (χ2v) is 6.23. The number of ketones is 1. The van der Waals surface area contributed by atoms with Gasteiger partial charge in [-0.2, -0.15) is 0 Å². The van der Waals surface area contributed by atoms with E-state index in [4.69, 9.17) is 20.8 Å². The number of carbonyl (C=O) groups excluding carboxylic acids is 1. The van der Waals surface area contributed by atoms with Crippen LogP contribution in [0.5, 0.6) is 5.75 Å². The van der Waals surface area contributed by atoms with Gasteiger partial charge >= 0.3 is 0 Å². The van der Waals surface area contributed by atoms with Crippen LogP contribution in [0, 0.1) is 0 Å². The molecular formula is C20H13ClO4. The van der Waals surface area contributed by atoms with Gasteiger partial charge < -0.3 is 9.15 Å². The Balaban J connectivity index is 2.03. The highest BCUT2D eigenvalue weighted by Crippen LogP contribution is 2.35. The highest BCUT2D eigenvalue weighted by Gasteiger charge is 2.20. The zero-order valence-electron chi connectivity index (χ0n) is 13.3. The fourth-order valence-electron chi connectivity index (χ4n) is 2.85. The summed E-state index contributed by atoms with van der Waals surface area (Å²) in [5, 5.41) is 0.922. The Bertz CT molecular complexity index is 1110. The molecule has 1 aromatic heterocycles. The summed E-state index contributed by atoms with van der Waals surface area (Å²) in [6.07, 6.45) is 1.73. The van der Waals surface area contributed by atoms with Gasteiger partial charge in [0.2, 0.25) is 0 Å². The lowest BCUT2D eigenvalue weighted by Gasteiger charge is -2.17. The van der Waals surface area contributed by atoms with Gasteiger partial charge in [0.25, 0.3) is 0 Å². The summed E-state index contributed by atoms with van der Waals surface area (Å²) < 4.78 is 11.7. The first-order valence-corrected chi connectivity index (χ1v) is 8.12. The predicted molar refractivity (Wildman–Crippen MR) is 97.1 cm³/mol. The maximum Gasteiger partial charge on any atom is 0.193 e. The third-order valence-corrected chi connectivity index (χ3v) is 4.52. The second-order valence-electron chi connectivity index (χ2n) is 5.82. The molecule has 2 aromatic carbocycles. The SMILES string of the molecule is CC(=O)C1=Cc2c(ccc3c(=O)cc(-c4ccccc4Cl)oc23)OC1. The molecule has 0 saturated carbocycles. The van der Waals surface area contributed by atoms with Crippen LogP contribution >= 0.6 is 11.6 Å². The van der Waals surface area contributed by atoms with Gasteiger partial charge in [-0.3, -0.25) is 9.59 Å². The van der Waals surface area contributed by atoms with Crippen molar-refractivity contribution in [3.8, 4) is 17.1 Å². The lowest BCUT2D eigenvalue weighted by molar-refractivity contribution is -0.113. The minimum absolute atomic E-state index is 0.0766. The third-order valence-electron chi connectivity index (χ3n) is 4.19. The van der Waals surface area contributed by atoms with Crippen molar-refractivity contribution in [2.45, 2.75) is 6.92 Å². The molecule has 0 spiro atoms. The Kier molecular flexibility index (Phi) is 3.70. The molecule has 4 rings (SSSR count). The van der Waals surface area contributed by atoms with E-state index in [9.17, 15) is 9.59 Å². The van der Waals surface area contributed by atoms with Gasteiger partial charge in [-0.25, -0.2) is 0 Å². The van der Waals surface area contributed by atoms with Gasteiger partial charge in [-0.15, -0.1) is 0 Å². The first kappa shape index (κ1) is 15.7. The molecular weight excluding hydrogens is 340 g/mol. The van der Waals surface area contributed by atoms with Crippen LogP contribution in [0.1, 0.15) is 12.5 Å². The molecule has 1 aliphatic heterocycles. The van der Waals surface area contributed by atoms with Gasteiger partial charge in [0, 0.05) is 17.2 Å². The van der Waals surface area contributed by atoms with Crippen molar-refractivity contribution >= 4 is 34.4 Å². The van der Waals surface area contributed by atoms with E-state index in [0.717, 1.165) is 0 Å². The molecule has 5 heteroatoms. The molecule has 0 unspecified atom stereocenters. The van der Waals surface area contributed by atoms with Crippen LogP contribution in [0.15, 0.2) is 57.2 Å². The van der Waals surface area contributed by atoms with Crippen molar-refractivity contribution in [3.63, 3.8) is 0 Å². The zero-order valence-corrected chi connectivity index (χ0v) is 14.1. The van der Waals surface area contributed by atoms with Crippen LogP contribution in [0.3, 0.4) is 0 Å². The molecule has 2 heterocycles. The molecule has 0 aliphatic carbocycles. The van der Waals surface area contributed by atoms with E-state index < -0.39 is 0 Å². The molecule has 4 nitrogen and oxygen atoms in total. The van der Waals surface area contributed by atoms with E-state index in [-0.39, 0.29) is 17.8 Å². The highest BCUT2D eigenvalue weighted by atomic mass is 35.5. The van der Waals surface area contributed by atoms with Crippen LogP contribution < -0.4 is 10.2 Å². The first-order valence-electron chi connectivity index (χ1n) is 7.74. The molecule has 25 heavy (non-hydrogen) atoms. The maximum absolute atomic E-state index is 12.6. The minimum atomic E-state index is -0.178. The third kappa shape index (κ3) is 2.65. The van der Waals surface area contributed by atoms with Gasteiger partial charge in [-0.1, -0.05) is 23.7 Å². The van der Waals surface area contributed by atoms with Crippen molar-refractivity contribution < 1.29 is 13.9 Å². The average molecular weight is 353 g/mol. The van der Waals surface area contributed by atoms with E-state index in [1.165, 1.54) is 13.0 Å². The normalized spacial score (nSPS) is 13.1. The summed E-state index contributed by atoms with van der Waals surface area (Å²) in [6.45, 7) is 1.69. The van der Waals surface area contributed by atoms with Gasteiger partial charge in [0.05, 0.1) is 16.0 Å². The van der Waals surface area contributed by atoms with Crippen LogP contribution in [0.25, 0.3) is 28.4 Å². The Morgan fingerprint density at radius 1 is 1.16 bits per heavy atom. The zero-order chi connectivity index (χ0) is 17.6. The lowest BCUT2D eigenvalue weighted by atomic mass is 10.0. The Labute approximate surface area is 148 Å². The molecule has 0 amide bonds.